The maximum Gasteiger partial charge on any atom is 0.329 e. The number of carboxylic acids is 1. The van der Waals surface area contributed by atoms with Crippen LogP contribution < -0.4 is 0 Å². The smallest absolute Gasteiger partial charge is 0.329 e. The summed E-state index contributed by atoms with van der Waals surface area (Å²) >= 11 is 3.40. The minimum absolute atomic E-state index is 0.0705. The second-order valence-corrected chi connectivity index (χ2v) is 15.6. The fourth-order valence-electron chi connectivity index (χ4n) is 5.49. The molecule has 2 aliphatic rings. The van der Waals surface area contributed by atoms with Crippen molar-refractivity contribution in [3.05, 3.63) is 0 Å². The molecule has 2 saturated heterocycles. The van der Waals surface area contributed by atoms with E-state index < -0.39 is 10.0 Å². The first kappa shape index (κ1) is 25.4. The number of nitrogens with zero attached hydrogens (tertiary/aromatic N) is 2. The summed E-state index contributed by atoms with van der Waals surface area (Å²) in [6.45, 7) is 20.2. The van der Waals surface area contributed by atoms with Crippen LogP contribution in [0, 0.1) is 0 Å². The van der Waals surface area contributed by atoms with Crippen LogP contribution in [0.1, 0.15) is 88.0 Å². The van der Waals surface area contributed by atoms with Crippen molar-refractivity contribution in [3.63, 3.8) is 0 Å². The van der Waals surface area contributed by atoms with Crippen LogP contribution in [0.25, 0.3) is 0 Å². The van der Waals surface area contributed by atoms with E-state index in [-0.39, 0.29) is 22.2 Å². The Morgan fingerprint density at radius 1 is 0.759 bits per heavy atom. The van der Waals surface area contributed by atoms with Crippen molar-refractivity contribution in [1.82, 2.24) is 9.80 Å². The highest BCUT2D eigenvalue weighted by atomic mass is 32.2. The Balaban J connectivity index is 2.21. The molecule has 0 aromatic carbocycles. The Bertz CT molecular complexity index is 550. The molecule has 0 aliphatic carbocycles. The average Bonchev–Trinajstić information content (AvgIpc) is 2.48. The van der Waals surface area contributed by atoms with Gasteiger partial charge >= 0.3 is 5.97 Å². The molecule has 0 amide bonds. The lowest BCUT2D eigenvalue weighted by Crippen LogP contribution is -2.60. The highest BCUT2D eigenvalue weighted by Gasteiger charge is 2.50. The topological polar surface area (TPSA) is 43.8 Å². The molecule has 0 aromatic rings. The number of carbonyl (C=O) groups is 1. The second-order valence-electron chi connectivity index (χ2n) is 11.9. The maximum absolute atomic E-state index is 12.5. The van der Waals surface area contributed by atoms with Gasteiger partial charge in [0, 0.05) is 32.7 Å². The number of carboxylic acid groups (broad SMARTS) is 1. The van der Waals surface area contributed by atoms with Gasteiger partial charge in [0.15, 0.2) is 4.08 Å². The lowest BCUT2D eigenvalue weighted by Gasteiger charge is -2.55. The van der Waals surface area contributed by atoms with Crippen molar-refractivity contribution in [2.24, 2.45) is 0 Å². The zero-order valence-corrected chi connectivity index (χ0v) is 22.2. The quantitative estimate of drug-likeness (QED) is 0.560. The van der Waals surface area contributed by atoms with Crippen LogP contribution in [-0.4, -0.2) is 71.7 Å². The Kier molecular flexibility index (Phi) is 6.90. The molecule has 6 heteroatoms. The Hall–Kier alpha value is 0.0900. The number of piperidine rings is 2. The molecule has 4 nitrogen and oxygen atoms in total. The van der Waals surface area contributed by atoms with E-state index >= 15 is 0 Å². The number of aliphatic carboxylic acids is 1. The zero-order chi connectivity index (χ0) is 22.6. The monoisotopic (exact) mass is 444 g/mol. The van der Waals surface area contributed by atoms with E-state index in [9.17, 15) is 9.90 Å². The SMILES string of the molecule is CN1C(C)(C)CC(SC(C)(SC2CC(C)(C)N(C)C(C)(C)C2)C(=O)O)CC1(C)C. The minimum Gasteiger partial charge on any atom is -0.480 e. The van der Waals surface area contributed by atoms with Crippen LogP contribution in [0.4, 0.5) is 0 Å². The fraction of sp³-hybridized carbons (Fsp3) is 0.957. The zero-order valence-electron chi connectivity index (χ0n) is 20.5. The molecule has 2 heterocycles. The summed E-state index contributed by atoms with van der Waals surface area (Å²) < 4.78 is -0.820. The molecule has 0 radical (unpaired) electrons. The van der Waals surface area contributed by atoms with Gasteiger partial charge in [-0.25, -0.2) is 4.79 Å². The van der Waals surface area contributed by atoms with Crippen LogP contribution in [-0.2, 0) is 4.79 Å². The largest absolute Gasteiger partial charge is 0.480 e. The third kappa shape index (κ3) is 5.30. The average molecular weight is 445 g/mol. The van der Waals surface area contributed by atoms with Gasteiger partial charge in [0.2, 0.25) is 0 Å². The Labute approximate surface area is 187 Å². The van der Waals surface area contributed by atoms with Crippen LogP contribution >= 0.6 is 23.5 Å². The molecule has 0 atom stereocenters. The molecule has 0 bridgehead atoms. The van der Waals surface area contributed by atoms with Crippen LogP contribution in [0.3, 0.4) is 0 Å². The van der Waals surface area contributed by atoms with Gasteiger partial charge in [0.1, 0.15) is 0 Å². The number of thioether (sulfide) groups is 2. The van der Waals surface area contributed by atoms with Crippen molar-refractivity contribution < 1.29 is 9.90 Å². The number of rotatable bonds is 5. The Morgan fingerprint density at radius 2 is 1.00 bits per heavy atom. The van der Waals surface area contributed by atoms with Crippen molar-refractivity contribution in [1.29, 1.82) is 0 Å². The third-order valence-electron chi connectivity index (χ3n) is 7.71. The van der Waals surface area contributed by atoms with E-state index in [0.717, 1.165) is 25.7 Å². The fourth-order valence-corrected chi connectivity index (χ4v) is 9.97. The summed E-state index contributed by atoms with van der Waals surface area (Å²) in [5, 5.41) is 10.9. The molecule has 170 valence electrons. The Morgan fingerprint density at radius 3 is 1.21 bits per heavy atom. The number of likely N-dealkylation sites (tertiary alicyclic amines) is 2. The van der Waals surface area contributed by atoms with Gasteiger partial charge < -0.3 is 5.11 Å². The molecule has 2 aliphatic heterocycles. The van der Waals surface area contributed by atoms with E-state index in [4.69, 9.17) is 0 Å². The third-order valence-corrected chi connectivity index (χ3v) is 10.9. The molecular formula is C23H44N2O2S2. The second kappa shape index (κ2) is 7.90. The molecule has 0 spiro atoms. The highest BCUT2D eigenvalue weighted by Crippen LogP contribution is 2.52. The van der Waals surface area contributed by atoms with Crippen molar-refractivity contribution >= 4 is 29.5 Å². The van der Waals surface area contributed by atoms with Gasteiger partial charge in [-0.3, -0.25) is 9.80 Å². The standard InChI is InChI=1S/C23H44N2O2S2/c1-19(2)12-16(13-20(3,4)24(19)10)28-23(9,18(26)27)29-17-14-21(5,6)25(11)22(7,8)15-17/h16-17H,12-15H2,1-11H3,(H,26,27). The van der Waals surface area contributed by atoms with Crippen LogP contribution in [0.5, 0.6) is 0 Å². The summed E-state index contributed by atoms with van der Waals surface area (Å²) in [6.07, 6.45) is 4.08. The minimum atomic E-state index is -0.820. The molecule has 0 aromatic heterocycles. The lowest BCUT2D eigenvalue weighted by molar-refractivity contribution is -0.137. The normalized spacial score (nSPS) is 28.4. The van der Waals surface area contributed by atoms with E-state index in [1.165, 1.54) is 0 Å². The van der Waals surface area contributed by atoms with Gasteiger partial charge in [-0.1, -0.05) is 0 Å². The molecule has 0 saturated carbocycles. The van der Waals surface area contributed by atoms with E-state index in [2.05, 4.69) is 79.3 Å². The molecule has 1 N–H and O–H groups in total. The van der Waals surface area contributed by atoms with Gasteiger partial charge in [-0.05, 0) is 102 Å². The van der Waals surface area contributed by atoms with Gasteiger partial charge in [-0.15, -0.1) is 23.5 Å². The number of hydrogen-bond acceptors (Lipinski definition) is 5. The number of hydrogen-bond donors (Lipinski definition) is 1. The van der Waals surface area contributed by atoms with E-state index in [0.29, 0.717) is 10.5 Å². The first-order valence-corrected chi connectivity index (χ1v) is 12.7. The van der Waals surface area contributed by atoms with Crippen LogP contribution in [0.15, 0.2) is 0 Å². The predicted molar refractivity (Wildman–Crippen MR) is 129 cm³/mol. The molecule has 2 rings (SSSR count). The maximum atomic E-state index is 12.5. The first-order chi connectivity index (χ1) is 12.8. The van der Waals surface area contributed by atoms with E-state index in [1.807, 2.05) is 6.92 Å². The summed E-state index contributed by atoms with van der Waals surface area (Å²) in [7, 11) is 4.41. The van der Waals surface area contributed by atoms with Crippen molar-refractivity contribution in [2.75, 3.05) is 14.1 Å². The van der Waals surface area contributed by atoms with Gasteiger partial charge in [0.05, 0.1) is 0 Å². The molecular weight excluding hydrogens is 400 g/mol. The summed E-state index contributed by atoms with van der Waals surface area (Å²) in [4.78, 5) is 17.4. The highest BCUT2D eigenvalue weighted by molar-refractivity contribution is 8.19. The van der Waals surface area contributed by atoms with Gasteiger partial charge in [0.25, 0.3) is 0 Å². The molecule has 0 unspecified atom stereocenters. The van der Waals surface area contributed by atoms with Crippen molar-refractivity contribution in [2.45, 2.75) is 125 Å². The summed E-state index contributed by atoms with van der Waals surface area (Å²) in [5.74, 6) is -0.684. The van der Waals surface area contributed by atoms with Gasteiger partial charge in [-0.2, -0.15) is 0 Å². The predicted octanol–water partition coefficient (Wildman–Crippen LogP) is 5.56. The lowest BCUT2D eigenvalue weighted by atomic mass is 9.80. The molecule has 29 heavy (non-hydrogen) atoms. The van der Waals surface area contributed by atoms with E-state index in [1.54, 1.807) is 23.5 Å². The molecule has 2 fully saturated rings. The first-order valence-electron chi connectivity index (χ1n) is 10.9. The van der Waals surface area contributed by atoms with Crippen molar-refractivity contribution in [3.8, 4) is 0 Å². The summed E-state index contributed by atoms with van der Waals surface area (Å²) in [5.41, 5.74) is 0.282. The van der Waals surface area contributed by atoms with Crippen LogP contribution in [0.2, 0.25) is 0 Å². The summed E-state index contributed by atoms with van der Waals surface area (Å²) in [6, 6.07) is 0.